The SMILES string of the molecule is COc1ccc(CCNC(=O)C2CC(=O)N(c3ccc(F)cc3)C2)cc1. The van der Waals surface area contributed by atoms with Crippen LogP contribution in [-0.2, 0) is 16.0 Å². The normalized spacial score (nSPS) is 16.6. The largest absolute Gasteiger partial charge is 0.497 e. The Hall–Kier alpha value is -2.89. The van der Waals surface area contributed by atoms with E-state index in [9.17, 15) is 14.0 Å². The van der Waals surface area contributed by atoms with E-state index in [2.05, 4.69) is 5.32 Å². The first kappa shape index (κ1) is 17.9. The standard InChI is InChI=1S/C20H21FN2O3/c1-26-18-8-2-14(3-9-18)10-11-22-20(25)15-12-19(24)23(13-15)17-6-4-16(21)5-7-17/h2-9,15H,10-13H2,1H3,(H,22,25). The van der Waals surface area contributed by atoms with Gasteiger partial charge in [-0.2, -0.15) is 0 Å². The third kappa shape index (κ3) is 4.20. The van der Waals surface area contributed by atoms with Crippen molar-refractivity contribution in [2.75, 3.05) is 25.1 Å². The molecule has 0 aliphatic carbocycles. The van der Waals surface area contributed by atoms with Crippen LogP contribution in [0.4, 0.5) is 10.1 Å². The van der Waals surface area contributed by atoms with E-state index in [4.69, 9.17) is 4.74 Å². The zero-order valence-corrected chi connectivity index (χ0v) is 14.6. The Kier molecular flexibility index (Phi) is 5.51. The minimum absolute atomic E-state index is 0.119. The van der Waals surface area contributed by atoms with E-state index in [1.807, 2.05) is 24.3 Å². The van der Waals surface area contributed by atoms with Crippen molar-refractivity contribution in [3.8, 4) is 5.75 Å². The van der Waals surface area contributed by atoms with Gasteiger partial charge in [-0.25, -0.2) is 4.39 Å². The minimum Gasteiger partial charge on any atom is -0.497 e. The average Bonchev–Trinajstić information content (AvgIpc) is 3.05. The number of hydrogen-bond acceptors (Lipinski definition) is 3. The lowest BCUT2D eigenvalue weighted by atomic mass is 10.1. The summed E-state index contributed by atoms with van der Waals surface area (Å²) in [6, 6.07) is 13.4. The highest BCUT2D eigenvalue weighted by molar-refractivity contribution is 6.00. The Morgan fingerprint density at radius 3 is 2.54 bits per heavy atom. The van der Waals surface area contributed by atoms with Crippen LogP contribution < -0.4 is 15.0 Å². The number of methoxy groups -OCH3 is 1. The van der Waals surface area contributed by atoms with E-state index in [-0.39, 0.29) is 30.0 Å². The molecule has 1 unspecified atom stereocenters. The van der Waals surface area contributed by atoms with E-state index in [1.54, 1.807) is 19.2 Å². The molecular formula is C20H21FN2O3. The molecule has 1 fully saturated rings. The Bertz CT molecular complexity index is 775. The third-order valence-corrected chi connectivity index (χ3v) is 4.51. The van der Waals surface area contributed by atoms with Crippen LogP contribution in [0.2, 0.25) is 0 Å². The fraction of sp³-hybridized carbons (Fsp3) is 0.300. The summed E-state index contributed by atoms with van der Waals surface area (Å²) in [7, 11) is 1.62. The Balaban J connectivity index is 1.50. The van der Waals surface area contributed by atoms with Gasteiger partial charge in [-0.15, -0.1) is 0 Å². The van der Waals surface area contributed by atoms with Crippen molar-refractivity contribution in [1.29, 1.82) is 0 Å². The monoisotopic (exact) mass is 356 g/mol. The lowest BCUT2D eigenvalue weighted by Crippen LogP contribution is -2.34. The molecule has 3 rings (SSSR count). The molecular weight excluding hydrogens is 335 g/mol. The van der Waals surface area contributed by atoms with Crippen molar-refractivity contribution in [3.63, 3.8) is 0 Å². The van der Waals surface area contributed by atoms with Gasteiger partial charge in [0.15, 0.2) is 0 Å². The third-order valence-electron chi connectivity index (χ3n) is 4.51. The number of carbonyl (C=O) groups excluding carboxylic acids is 2. The van der Waals surface area contributed by atoms with Gasteiger partial charge >= 0.3 is 0 Å². The molecule has 0 spiro atoms. The van der Waals surface area contributed by atoms with Crippen LogP contribution in [0.1, 0.15) is 12.0 Å². The maximum absolute atomic E-state index is 13.0. The molecule has 1 N–H and O–H groups in total. The van der Waals surface area contributed by atoms with Crippen molar-refractivity contribution >= 4 is 17.5 Å². The Morgan fingerprint density at radius 1 is 1.19 bits per heavy atom. The number of rotatable bonds is 6. The lowest BCUT2D eigenvalue weighted by molar-refractivity contribution is -0.126. The lowest BCUT2D eigenvalue weighted by Gasteiger charge is -2.16. The smallest absolute Gasteiger partial charge is 0.227 e. The molecule has 1 atom stereocenters. The molecule has 26 heavy (non-hydrogen) atoms. The van der Waals surface area contributed by atoms with Gasteiger partial charge in [0.2, 0.25) is 11.8 Å². The predicted molar refractivity (Wildman–Crippen MR) is 96.6 cm³/mol. The zero-order chi connectivity index (χ0) is 18.5. The van der Waals surface area contributed by atoms with E-state index in [1.165, 1.54) is 17.0 Å². The summed E-state index contributed by atoms with van der Waals surface area (Å²) >= 11 is 0. The van der Waals surface area contributed by atoms with E-state index in [0.29, 0.717) is 25.2 Å². The van der Waals surface area contributed by atoms with Gasteiger partial charge in [-0.3, -0.25) is 9.59 Å². The van der Waals surface area contributed by atoms with Gasteiger partial charge in [-0.05, 0) is 48.4 Å². The second-order valence-corrected chi connectivity index (χ2v) is 6.27. The van der Waals surface area contributed by atoms with E-state index in [0.717, 1.165) is 11.3 Å². The molecule has 1 aliphatic heterocycles. The highest BCUT2D eigenvalue weighted by Gasteiger charge is 2.34. The molecule has 2 amide bonds. The predicted octanol–water partition coefficient (Wildman–Crippen LogP) is 2.55. The van der Waals surface area contributed by atoms with Crippen LogP contribution in [0.25, 0.3) is 0 Å². The molecule has 1 saturated heterocycles. The van der Waals surface area contributed by atoms with Crippen LogP contribution in [0.5, 0.6) is 5.75 Å². The van der Waals surface area contributed by atoms with Gasteiger partial charge in [0.05, 0.1) is 13.0 Å². The fourth-order valence-corrected chi connectivity index (χ4v) is 3.02. The van der Waals surface area contributed by atoms with Crippen LogP contribution in [-0.4, -0.2) is 32.0 Å². The van der Waals surface area contributed by atoms with Gasteiger partial charge in [0.25, 0.3) is 0 Å². The number of nitrogens with one attached hydrogen (secondary N) is 1. The average molecular weight is 356 g/mol. The first-order valence-electron chi connectivity index (χ1n) is 8.53. The molecule has 6 heteroatoms. The van der Waals surface area contributed by atoms with Crippen LogP contribution in [0, 0.1) is 11.7 Å². The summed E-state index contributed by atoms with van der Waals surface area (Å²) in [4.78, 5) is 26.0. The molecule has 136 valence electrons. The molecule has 0 saturated carbocycles. The number of ether oxygens (including phenoxy) is 1. The number of halogens is 1. The molecule has 5 nitrogen and oxygen atoms in total. The Morgan fingerprint density at radius 2 is 1.88 bits per heavy atom. The van der Waals surface area contributed by atoms with Gasteiger partial charge in [0.1, 0.15) is 11.6 Å². The summed E-state index contributed by atoms with van der Waals surface area (Å²) in [5, 5.41) is 2.89. The quantitative estimate of drug-likeness (QED) is 0.865. The van der Waals surface area contributed by atoms with Crippen molar-refractivity contribution in [2.24, 2.45) is 5.92 Å². The van der Waals surface area contributed by atoms with Crippen molar-refractivity contribution in [3.05, 3.63) is 59.9 Å². The summed E-state index contributed by atoms with van der Waals surface area (Å²) in [6.07, 6.45) is 0.879. The maximum Gasteiger partial charge on any atom is 0.227 e. The van der Waals surface area contributed by atoms with Crippen LogP contribution in [0.3, 0.4) is 0 Å². The molecule has 1 aliphatic rings. The highest BCUT2D eigenvalue weighted by Crippen LogP contribution is 2.25. The molecule has 2 aromatic carbocycles. The highest BCUT2D eigenvalue weighted by atomic mass is 19.1. The number of amides is 2. The number of carbonyl (C=O) groups is 2. The summed E-state index contributed by atoms with van der Waals surface area (Å²) in [6.45, 7) is 0.825. The van der Waals surface area contributed by atoms with Crippen molar-refractivity contribution in [2.45, 2.75) is 12.8 Å². The molecule has 1 heterocycles. The summed E-state index contributed by atoms with van der Waals surface area (Å²) < 4.78 is 18.1. The number of anilines is 1. The number of benzene rings is 2. The van der Waals surface area contributed by atoms with Crippen molar-refractivity contribution < 1.29 is 18.7 Å². The Labute approximate surface area is 151 Å². The first-order valence-corrected chi connectivity index (χ1v) is 8.53. The van der Waals surface area contributed by atoms with Gasteiger partial charge in [0, 0.05) is 25.2 Å². The van der Waals surface area contributed by atoms with Crippen LogP contribution >= 0.6 is 0 Å². The van der Waals surface area contributed by atoms with Crippen LogP contribution in [0.15, 0.2) is 48.5 Å². The summed E-state index contributed by atoms with van der Waals surface area (Å²) in [5.74, 6) is -0.192. The van der Waals surface area contributed by atoms with Gasteiger partial charge in [-0.1, -0.05) is 12.1 Å². The molecule has 0 bridgehead atoms. The fourth-order valence-electron chi connectivity index (χ4n) is 3.02. The second-order valence-electron chi connectivity index (χ2n) is 6.27. The number of hydrogen-bond donors (Lipinski definition) is 1. The molecule has 2 aromatic rings. The van der Waals surface area contributed by atoms with E-state index >= 15 is 0 Å². The number of nitrogens with zero attached hydrogens (tertiary/aromatic N) is 1. The molecule has 0 radical (unpaired) electrons. The minimum atomic E-state index is -0.386. The topological polar surface area (TPSA) is 58.6 Å². The van der Waals surface area contributed by atoms with E-state index < -0.39 is 0 Å². The second kappa shape index (κ2) is 7.99. The molecule has 0 aromatic heterocycles. The summed E-state index contributed by atoms with van der Waals surface area (Å²) in [5.41, 5.74) is 1.71. The first-order chi connectivity index (χ1) is 12.6. The zero-order valence-electron chi connectivity index (χ0n) is 14.6. The van der Waals surface area contributed by atoms with Gasteiger partial charge < -0.3 is 15.0 Å². The van der Waals surface area contributed by atoms with Crippen molar-refractivity contribution in [1.82, 2.24) is 5.32 Å². The maximum atomic E-state index is 13.0.